The number of aliphatic imine (C=N–C) groups is 1. The number of rotatable bonds is 4. The van der Waals surface area contributed by atoms with Crippen LogP contribution in [0.15, 0.2) is 17.6 Å². The van der Waals surface area contributed by atoms with Gasteiger partial charge in [-0.1, -0.05) is 0 Å². The van der Waals surface area contributed by atoms with Gasteiger partial charge in [0.05, 0.1) is 25.4 Å². The molecule has 2 aromatic heterocycles. The molecule has 0 saturated carbocycles. The molecule has 0 radical (unpaired) electrons. The van der Waals surface area contributed by atoms with Gasteiger partial charge in [-0.2, -0.15) is 0 Å². The first-order valence-corrected chi connectivity index (χ1v) is 6.92. The summed E-state index contributed by atoms with van der Waals surface area (Å²) in [5.74, 6) is 0.467. The Balaban J connectivity index is 1.95. The molecule has 0 amide bonds. The second kappa shape index (κ2) is 5.95. The van der Waals surface area contributed by atoms with Crippen molar-refractivity contribution < 1.29 is 14.9 Å². The van der Waals surface area contributed by atoms with E-state index in [2.05, 4.69) is 19.9 Å². The van der Waals surface area contributed by atoms with Gasteiger partial charge in [-0.15, -0.1) is 0 Å². The molecule has 1 aliphatic rings. The van der Waals surface area contributed by atoms with Gasteiger partial charge in [0.2, 0.25) is 0 Å². The Bertz CT molecular complexity index is 685. The van der Waals surface area contributed by atoms with Crippen molar-refractivity contribution in [2.45, 2.75) is 24.9 Å². The van der Waals surface area contributed by atoms with Gasteiger partial charge in [0.1, 0.15) is 18.7 Å². The van der Waals surface area contributed by atoms with Crippen LogP contribution in [-0.4, -0.2) is 73.9 Å². The zero-order valence-electron chi connectivity index (χ0n) is 12.4. The molecule has 9 nitrogen and oxygen atoms in total. The van der Waals surface area contributed by atoms with Crippen molar-refractivity contribution in [2.24, 2.45) is 4.99 Å². The lowest BCUT2D eigenvalue weighted by Gasteiger charge is -2.13. The molecule has 1 saturated heterocycles. The Morgan fingerprint density at radius 3 is 2.95 bits per heavy atom. The number of imidazole rings is 1. The molecule has 3 atom stereocenters. The summed E-state index contributed by atoms with van der Waals surface area (Å²) in [6, 6.07) is 0. The molecule has 0 bridgehead atoms. The fraction of sp³-hybridized carbons (Fsp3) is 0.538. The molecule has 22 heavy (non-hydrogen) atoms. The van der Waals surface area contributed by atoms with Crippen LogP contribution in [0.2, 0.25) is 0 Å². The normalized spacial score (nSPS) is 25.4. The van der Waals surface area contributed by atoms with E-state index < -0.39 is 18.4 Å². The number of hydrogen-bond acceptors (Lipinski definition) is 7. The minimum Gasteiger partial charge on any atom is -0.394 e. The molecule has 0 aliphatic carbocycles. The second-order valence-corrected chi connectivity index (χ2v) is 5.34. The van der Waals surface area contributed by atoms with Crippen molar-refractivity contribution in [1.82, 2.24) is 24.4 Å². The standard InChI is InChI=1S/C13H18N6O3/c1-18(2)6-17-12-11-13(15-5-14-12)19(7-16-11)10-3-8(21)9(4-20)22-10/h5-10,20-21H,3-4H2,1-2H3/t8-,9+,10-/m1/s1. The maximum absolute atomic E-state index is 9.85. The van der Waals surface area contributed by atoms with Crippen molar-refractivity contribution in [3.63, 3.8) is 0 Å². The van der Waals surface area contributed by atoms with Crippen LogP contribution in [-0.2, 0) is 4.74 Å². The van der Waals surface area contributed by atoms with Gasteiger partial charge in [-0.05, 0) is 0 Å². The Kier molecular flexibility index (Phi) is 4.01. The first-order valence-electron chi connectivity index (χ1n) is 6.92. The van der Waals surface area contributed by atoms with Crippen LogP contribution in [0.5, 0.6) is 0 Å². The van der Waals surface area contributed by atoms with Crippen LogP contribution in [0, 0.1) is 0 Å². The van der Waals surface area contributed by atoms with E-state index >= 15 is 0 Å². The van der Waals surface area contributed by atoms with E-state index in [1.165, 1.54) is 6.33 Å². The topological polar surface area (TPSA) is 109 Å². The van der Waals surface area contributed by atoms with Gasteiger partial charge in [0.25, 0.3) is 0 Å². The third-order valence-corrected chi connectivity index (χ3v) is 3.44. The summed E-state index contributed by atoms with van der Waals surface area (Å²) in [6.07, 6.45) is 3.30. The third-order valence-electron chi connectivity index (χ3n) is 3.44. The van der Waals surface area contributed by atoms with Crippen LogP contribution >= 0.6 is 0 Å². The summed E-state index contributed by atoms with van der Waals surface area (Å²) in [6.45, 7) is -0.225. The molecule has 2 aromatic rings. The largest absolute Gasteiger partial charge is 0.394 e. The van der Waals surface area contributed by atoms with Crippen molar-refractivity contribution in [2.75, 3.05) is 20.7 Å². The highest BCUT2D eigenvalue weighted by Gasteiger charge is 2.35. The van der Waals surface area contributed by atoms with Gasteiger partial charge in [0.15, 0.2) is 17.0 Å². The molecule has 0 unspecified atom stereocenters. The molecule has 9 heteroatoms. The SMILES string of the molecule is CN(C)C=Nc1ncnc2c1ncn2[C@H]1C[C@@H](O)[C@H](CO)O1. The quantitative estimate of drug-likeness (QED) is 0.589. The summed E-state index contributed by atoms with van der Waals surface area (Å²) in [7, 11) is 3.73. The summed E-state index contributed by atoms with van der Waals surface area (Å²) < 4.78 is 7.36. The molecule has 0 spiro atoms. The van der Waals surface area contributed by atoms with E-state index in [1.807, 2.05) is 14.1 Å². The van der Waals surface area contributed by atoms with Gasteiger partial charge in [0, 0.05) is 20.5 Å². The van der Waals surface area contributed by atoms with Gasteiger partial charge in [-0.3, -0.25) is 4.57 Å². The van der Waals surface area contributed by atoms with Crippen LogP contribution < -0.4 is 0 Å². The highest BCUT2D eigenvalue weighted by molar-refractivity contribution is 5.82. The lowest BCUT2D eigenvalue weighted by molar-refractivity contribution is -0.0432. The van der Waals surface area contributed by atoms with Gasteiger partial charge >= 0.3 is 0 Å². The van der Waals surface area contributed by atoms with Gasteiger partial charge < -0.3 is 19.8 Å². The highest BCUT2D eigenvalue weighted by Crippen LogP contribution is 2.31. The minimum atomic E-state index is -0.708. The van der Waals surface area contributed by atoms with Crippen LogP contribution in [0.4, 0.5) is 5.82 Å². The molecule has 3 heterocycles. The lowest BCUT2D eigenvalue weighted by Crippen LogP contribution is -2.24. The average molecular weight is 306 g/mol. The summed E-state index contributed by atoms with van der Waals surface area (Å²) in [5.41, 5.74) is 1.14. The van der Waals surface area contributed by atoms with E-state index in [-0.39, 0.29) is 6.61 Å². The smallest absolute Gasteiger partial charge is 0.184 e. The number of ether oxygens (including phenoxy) is 1. The Hall–Kier alpha value is -2.10. The van der Waals surface area contributed by atoms with Crippen molar-refractivity contribution in [3.05, 3.63) is 12.7 Å². The number of aliphatic hydroxyl groups is 2. The van der Waals surface area contributed by atoms with Crippen LogP contribution in [0.1, 0.15) is 12.6 Å². The Labute approximate surface area is 126 Å². The zero-order chi connectivity index (χ0) is 15.7. The van der Waals surface area contributed by atoms with Gasteiger partial charge in [-0.25, -0.2) is 19.9 Å². The average Bonchev–Trinajstić information content (AvgIpc) is 3.08. The molecular weight excluding hydrogens is 288 g/mol. The second-order valence-electron chi connectivity index (χ2n) is 5.34. The van der Waals surface area contributed by atoms with E-state index in [4.69, 9.17) is 4.74 Å². The number of hydrogen-bond donors (Lipinski definition) is 2. The Morgan fingerprint density at radius 1 is 1.45 bits per heavy atom. The van der Waals surface area contributed by atoms with E-state index in [1.54, 1.807) is 22.1 Å². The highest BCUT2D eigenvalue weighted by atomic mass is 16.5. The molecule has 0 aromatic carbocycles. The molecular formula is C13H18N6O3. The maximum Gasteiger partial charge on any atom is 0.184 e. The van der Waals surface area contributed by atoms with Crippen molar-refractivity contribution in [3.8, 4) is 0 Å². The van der Waals surface area contributed by atoms with Crippen molar-refractivity contribution >= 4 is 23.3 Å². The number of aromatic nitrogens is 4. The number of aliphatic hydroxyl groups excluding tert-OH is 2. The molecule has 1 fully saturated rings. The first-order chi connectivity index (χ1) is 10.6. The molecule has 3 rings (SSSR count). The fourth-order valence-corrected chi connectivity index (χ4v) is 2.37. The lowest BCUT2D eigenvalue weighted by atomic mass is 10.2. The predicted octanol–water partition coefficient (Wildman–Crippen LogP) is -0.312. The maximum atomic E-state index is 9.85. The molecule has 1 aliphatic heterocycles. The summed E-state index contributed by atoms with van der Waals surface area (Å²) in [5, 5.41) is 19.0. The van der Waals surface area contributed by atoms with Crippen LogP contribution in [0.25, 0.3) is 11.2 Å². The zero-order valence-corrected chi connectivity index (χ0v) is 12.4. The summed E-state index contributed by atoms with van der Waals surface area (Å²) >= 11 is 0. The van der Waals surface area contributed by atoms with Crippen LogP contribution in [0.3, 0.4) is 0 Å². The Morgan fingerprint density at radius 2 is 2.27 bits per heavy atom. The summed E-state index contributed by atoms with van der Waals surface area (Å²) in [4.78, 5) is 18.7. The fourth-order valence-electron chi connectivity index (χ4n) is 2.37. The number of fused-ring (bicyclic) bond motifs is 1. The molecule has 118 valence electrons. The van der Waals surface area contributed by atoms with Crippen molar-refractivity contribution in [1.29, 1.82) is 0 Å². The van der Waals surface area contributed by atoms with E-state index in [0.717, 1.165) is 0 Å². The predicted molar refractivity (Wildman–Crippen MR) is 78.8 cm³/mol. The minimum absolute atomic E-state index is 0.225. The molecule has 2 N–H and O–H groups in total. The van der Waals surface area contributed by atoms with E-state index in [0.29, 0.717) is 23.4 Å². The first kappa shape index (κ1) is 14.8. The van der Waals surface area contributed by atoms with E-state index in [9.17, 15) is 10.2 Å². The third kappa shape index (κ3) is 2.65. The number of nitrogens with zero attached hydrogens (tertiary/aromatic N) is 6. The monoisotopic (exact) mass is 306 g/mol.